The number of halogens is 1. The van der Waals surface area contributed by atoms with E-state index < -0.39 is 10.0 Å². The largest absolute Gasteiger partial charge is 0.340 e. The molecule has 0 radical (unpaired) electrons. The standard InChI is InChI=1S/C19H18ClN3O3S3/c20-17-7-6-16(28-17)19-21-14(13-27-19)12-18(24)22-8-10-23(11-9-22)29(25,26)15-4-2-1-3-5-15/h1-7,13H,8-12H2. The molecule has 10 heteroatoms. The summed E-state index contributed by atoms with van der Waals surface area (Å²) >= 11 is 8.92. The molecule has 0 aliphatic carbocycles. The van der Waals surface area contributed by atoms with Crippen molar-refractivity contribution in [1.82, 2.24) is 14.2 Å². The summed E-state index contributed by atoms with van der Waals surface area (Å²) in [5.41, 5.74) is 0.721. The zero-order chi connectivity index (χ0) is 20.4. The van der Waals surface area contributed by atoms with Crippen LogP contribution in [0.4, 0.5) is 0 Å². The maximum Gasteiger partial charge on any atom is 0.243 e. The molecule has 0 spiro atoms. The molecule has 152 valence electrons. The van der Waals surface area contributed by atoms with Crippen molar-refractivity contribution in [1.29, 1.82) is 0 Å². The second-order valence-electron chi connectivity index (χ2n) is 6.52. The number of hydrogen-bond donors (Lipinski definition) is 0. The molecule has 1 aliphatic rings. The Morgan fingerprint density at radius 1 is 1.07 bits per heavy atom. The summed E-state index contributed by atoms with van der Waals surface area (Å²) in [4.78, 5) is 20.2. The molecule has 1 aliphatic heterocycles. The van der Waals surface area contributed by atoms with Crippen LogP contribution < -0.4 is 0 Å². The lowest BCUT2D eigenvalue weighted by Gasteiger charge is -2.34. The Labute approximate surface area is 182 Å². The highest BCUT2D eigenvalue weighted by Gasteiger charge is 2.30. The minimum Gasteiger partial charge on any atom is -0.340 e. The van der Waals surface area contributed by atoms with E-state index in [0.717, 1.165) is 15.6 Å². The highest BCUT2D eigenvalue weighted by molar-refractivity contribution is 7.89. The predicted molar refractivity (Wildman–Crippen MR) is 116 cm³/mol. The zero-order valence-corrected chi connectivity index (χ0v) is 18.5. The number of aromatic nitrogens is 1. The Hall–Kier alpha value is -1.78. The summed E-state index contributed by atoms with van der Waals surface area (Å²) in [7, 11) is -3.52. The average Bonchev–Trinajstić information content (AvgIpc) is 3.37. The molecule has 1 fully saturated rings. The third-order valence-electron chi connectivity index (χ3n) is 4.64. The molecule has 0 bridgehead atoms. The first-order chi connectivity index (χ1) is 13.9. The molecular formula is C19H18ClN3O3S3. The molecule has 0 unspecified atom stereocenters. The molecule has 1 amide bonds. The molecule has 0 saturated carbocycles. The number of carbonyl (C=O) groups excluding carboxylic acids is 1. The van der Waals surface area contributed by atoms with Crippen molar-refractivity contribution in [2.75, 3.05) is 26.2 Å². The zero-order valence-electron chi connectivity index (χ0n) is 15.3. The number of thiophene rings is 1. The van der Waals surface area contributed by atoms with Crippen LogP contribution in [-0.2, 0) is 21.2 Å². The summed E-state index contributed by atoms with van der Waals surface area (Å²) in [6.45, 7) is 1.34. The lowest BCUT2D eigenvalue weighted by molar-refractivity contribution is -0.131. The van der Waals surface area contributed by atoms with Gasteiger partial charge in [0, 0.05) is 31.6 Å². The number of nitrogens with zero attached hydrogens (tertiary/aromatic N) is 3. The van der Waals surface area contributed by atoms with Gasteiger partial charge in [-0.25, -0.2) is 13.4 Å². The van der Waals surface area contributed by atoms with Crippen LogP contribution in [0.5, 0.6) is 0 Å². The monoisotopic (exact) mass is 467 g/mol. The lowest BCUT2D eigenvalue weighted by Crippen LogP contribution is -2.50. The molecule has 0 atom stereocenters. The fraction of sp³-hybridized carbons (Fsp3) is 0.263. The molecular weight excluding hydrogens is 450 g/mol. The summed E-state index contributed by atoms with van der Waals surface area (Å²) in [5, 5.41) is 2.74. The van der Waals surface area contributed by atoms with Gasteiger partial charge in [0.05, 0.1) is 26.2 Å². The van der Waals surface area contributed by atoms with Gasteiger partial charge in [-0.15, -0.1) is 22.7 Å². The third kappa shape index (κ3) is 4.54. The van der Waals surface area contributed by atoms with Gasteiger partial charge < -0.3 is 4.90 Å². The number of hydrogen-bond acceptors (Lipinski definition) is 6. The van der Waals surface area contributed by atoms with Crippen LogP contribution in [-0.4, -0.2) is 54.7 Å². The van der Waals surface area contributed by atoms with Gasteiger partial charge in [0.25, 0.3) is 0 Å². The van der Waals surface area contributed by atoms with Gasteiger partial charge in [-0.05, 0) is 24.3 Å². The second kappa shape index (κ2) is 8.53. The van der Waals surface area contributed by atoms with E-state index in [9.17, 15) is 13.2 Å². The molecule has 29 heavy (non-hydrogen) atoms. The van der Waals surface area contributed by atoms with Crippen molar-refractivity contribution in [3.8, 4) is 9.88 Å². The first kappa shape index (κ1) is 20.5. The van der Waals surface area contributed by atoms with Gasteiger partial charge in [0.1, 0.15) is 5.01 Å². The quantitative estimate of drug-likeness (QED) is 0.574. The van der Waals surface area contributed by atoms with Crippen LogP contribution in [0.1, 0.15) is 5.69 Å². The van der Waals surface area contributed by atoms with E-state index in [0.29, 0.717) is 30.5 Å². The van der Waals surface area contributed by atoms with E-state index >= 15 is 0 Å². The smallest absolute Gasteiger partial charge is 0.243 e. The lowest BCUT2D eigenvalue weighted by atomic mass is 10.2. The minimum absolute atomic E-state index is 0.0391. The van der Waals surface area contributed by atoms with Crippen LogP contribution in [0.15, 0.2) is 52.7 Å². The summed E-state index contributed by atoms with van der Waals surface area (Å²) in [6.07, 6.45) is 0.209. The first-order valence-electron chi connectivity index (χ1n) is 8.96. The van der Waals surface area contributed by atoms with Crippen molar-refractivity contribution in [3.63, 3.8) is 0 Å². The number of amides is 1. The van der Waals surface area contributed by atoms with Gasteiger partial charge >= 0.3 is 0 Å². The highest BCUT2D eigenvalue weighted by atomic mass is 35.5. The van der Waals surface area contributed by atoms with Crippen molar-refractivity contribution in [2.24, 2.45) is 0 Å². The van der Waals surface area contributed by atoms with E-state index in [2.05, 4.69) is 4.98 Å². The highest BCUT2D eigenvalue weighted by Crippen LogP contribution is 2.33. The van der Waals surface area contributed by atoms with Crippen LogP contribution in [0.25, 0.3) is 9.88 Å². The van der Waals surface area contributed by atoms with E-state index in [1.165, 1.54) is 27.0 Å². The average molecular weight is 468 g/mol. The summed E-state index contributed by atoms with van der Waals surface area (Å²) in [5.74, 6) is -0.0391. The van der Waals surface area contributed by atoms with Crippen LogP contribution in [0.2, 0.25) is 4.34 Å². The topological polar surface area (TPSA) is 70.6 Å². The van der Waals surface area contributed by atoms with Crippen molar-refractivity contribution in [2.45, 2.75) is 11.3 Å². The van der Waals surface area contributed by atoms with Crippen molar-refractivity contribution in [3.05, 3.63) is 57.9 Å². The van der Waals surface area contributed by atoms with Gasteiger partial charge in [-0.1, -0.05) is 29.8 Å². The van der Waals surface area contributed by atoms with Gasteiger partial charge in [-0.3, -0.25) is 4.79 Å². The summed E-state index contributed by atoms with van der Waals surface area (Å²) < 4.78 is 27.5. The summed E-state index contributed by atoms with van der Waals surface area (Å²) in [6, 6.07) is 12.1. The molecule has 1 saturated heterocycles. The molecule has 0 N–H and O–H groups in total. The Balaban J connectivity index is 1.35. The Kier molecular flexibility index (Phi) is 6.03. The predicted octanol–water partition coefficient (Wildman–Crippen LogP) is 3.60. The normalized spacial score (nSPS) is 15.6. The van der Waals surface area contributed by atoms with Gasteiger partial charge in [0.15, 0.2) is 0 Å². The van der Waals surface area contributed by atoms with Crippen LogP contribution in [0.3, 0.4) is 0 Å². The van der Waals surface area contributed by atoms with Crippen LogP contribution >= 0.6 is 34.3 Å². The number of benzene rings is 1. The maximum absolute atomic E-state index is 12.7. The Morgan fingerprint density at radius 3 is 2.45 bits per heavy atom. The SMILES string of the molecule is O=C(Cc1csc(-c2ccc(Cl)s2)n1)N1CCN(S(=O)(=O)c2ccccc2)CC1. The van der Waals surface area contributed by atoms with E-state index in [1.54, 1.807) is 35.2 Å². The molecule has 3 aromatic rings. The minimum atomic E-state index is -3.52. The second-order valence-corrected chi connectivity index (χ2v) is 11.0. The number of rotatable bonds is 5. The van der Waals surface area contributed by atoms with Crippen molar-refractivity contribution < 1.29 is 13.2 Å². The van der Waals surface area contributed by atoms with E-state index in [-0.39, 0.29) is 17.2 Å². The molecule has 3 heterocycles. The molecule has 1 aromatic carbocycles. The number of carbonyl (C=O) groups is 1. The Morgan fingerprint density at radius 2 is 1.79 bits per heavy atom. The first-order valence-corrected chi connectivity index (χ1v) is 12.5. The molecule has 4 rings (SSSR count). The van der Waals surface area contributed by atoms with Gasteiger partial charge in [0.2, 0.25) is 15.9 Å². The third-order valence-corrected chi connectivity index (χ3v) is 8.84. The number of sulfonamides is 1. The fourth-order valence-electron chi connectivity index (χ4n) is 3.12. The van der Waals surface area contributed by atoms with Gasteiger partial charge in [-0.2, -0.15) is 4.31 Å². The van der Waals surface area contributed by atoms with E-state index in [1.807, 2.05) is 17.5 Å². The Bertz CT molecular complexity index is 1100. The van der Waals surface area contributed by atoms with E-state index in [4.69, 9.17) is 11.6 Å². The van der Waals surface area contributed by atoms with Crippen LogP contribution in [0, 0.1) is 0 Å². The fourth-order valence-corrected chi connectivity index (χ4v) is 6.49. The van der Waals surface area contributed by atoms with Crippen molar-refractivity contribution >= 4 is 50.2 Å². The molecule has 6 nitrogen and oxygen atoms in total. The molecule has 2 aromatic heterocycles. The number of thiazole rings is 1. The number of piperazine rings is 1. The maximum atomic E-state index is 12.7.